The van der Waals surface area contributed by atoms with E-state index in [9.17, 15) is 24.3 Å². The zero-order valence-electron chi connectivity index (χ0n) is 21.6. The molecule has 0 aliphatic rings. The van der Waals surface area contributed by atoms with Gasteiger partial charge in [-0.25, -0.2) is 0 Å². The molecular formula is C26H48N2O6. The Hall–Kier alpha value is -2.12. The van der Waals surface area contributed by atoms with Crippen LogP contribution in [-0.4, -0.2) is 47.1 Å². The van der Waals surface area contributed by atoms with E-state index in [1.807, 2.05) is 6.92 Å². The van der Waals surface area contributed by atoms with Gasteiger partial charge in [0.15, 0.2) is 0 Å². The summed E-state index contributed by atoms with van der Waals surface area (Å²) in [6, 6.07) is 0. The number of carboxylic acids is 2. The topological polar surface area (TPSA) is 133 Å². The van der Waals surface area contributed by atoms with Crippen LogP contribution in [-0.2, 0) is 19.2 Å². The molecule has 8 heteroatoms. The molecule has 0 fully saturated rings. The highest BCUT2D eigenvalue weighted by Crippen LogP contribution is 2.25. The van der Waals surface area contributed by atoms with Crippen molar-refractivity contribution in [3.05, 3.63) is 0 Å². The summed E-state index contributed by atoms with van der Waals surface area (Å²) in [5.74, 6) is -4.31. The molecule has 0 rings (SSSR count). The van der Waals surface area contributed by atoms with Gasteiger partial charge in [-0.2, -0.15) is 0 Å². The monoisotopic (exact) mass is 484 g/mol. The summed E-state index contributed by atoms with van der Waals surface area (Å²) in [6.07, 6.45) is 10.4. The molecule has 0 aromatic heterocycles. The van der Waals surface area contributed by atoms with Crippen LogP contribution in [0.3, 0.4) is 0 Å². The summed E-state index contributed by atoms with van der Waals surface area (Å²) >= 11 is 0. The van der Waals surface area contributed by atoms with Crippen molar-refractivity contribution < 1.29 is 29.4 Å². The van der Waals surface area contributed by atoms with E-state index in [4.69, 9.17) is 5.11 Å². The largest absolute Gasteiger partial charge is 0.481 e. The van der Waals surface area contributed by atoms with Crippen molar-refractivity contribution in [2.45, 2.75) is 111 Å². The zero-order chi connectivity index (χ0) is 25.8. The lowest BCUT2D eigenvalue weighted by molar-refractivity contribution is -0.148. The van der Waals surface area contributed by atoms with Crippen LogP contribution in [0, 0.1) is 17.8 Å². The number of unbranched alkanes of at least 4 members (excludes halogenated alkanes) is 7. The third-order valence-electron chi connectivity index (χ3n) is 6.35. The van der Waals surface area contributed by atoms with Gasteiger partial charge in [-0.05, 0) is 32.1 Å². The van der Waals surface area contributed by atoms with E-state index in [1.54, 1.807) is 0 Å². The predicted molar refractivity (Wildman–Crippen MR) is 133 cm³/mol. The van der Waals surface area contributed by atoms with Crippen molar-refractivity contribution >= 4 is 23.8 Å². The van der Waals surface area contributed by atoms with Gasteiger partial charge in [0.25, 0.3) is 0 Å². The normalized spacial score (nSPS) is 13.6. The van der Waals surface area contributed by atoms with Crippen molar-refractivity contribution in [3.8, 4) is 0 Å². The number of carbonyl (C=O) groups is 4. The molecule has 34 heavy (non-hydrogen) atoms. The van der Waals surface area contributed by atoms with Gasteiger partial charge in [0.2, 0.25) is 11.8 Å². The van der Waals surface area contributed by atoms with Crippen molar-refractivity contribution in [3.63, 3.8) is 0 Å². The molecule has 4 N–H and O–H groups in total. The van der Waals surface area contributed by atoms with Gasteiger partial charge in [0.1, 0.15) is 0 Å². The zero-order valence-corrected chi connectivity index (χ0v) is 21.6. The third kappa shape index (κ3) is 14.9. The molecule has 198 valence electrons. The highest BCUT2D eigenvalue weighted by atomic mass is 16.4. The summed E-state index contributed by atoms with van der Waals surface area (Å²) in [5.41, 5.74) is 0. The molecule has 0 radical (unpaired) electrons. The van der Waals surface area contributed by atoms with E-state index in [1.165, 1.54) is 0 Å². The van der Waals surface area contributed by atoms with E-state index in [0.717, 1.165) is 51.4 Å². The summed E-state index contributed by atoms with van der Waals surface area (Å²) in [5, 5.41) is 24.1. The minimum atomic E-state index is -1.13. The molecule has 3 atom stereocenters. The van der Waals surface area contributed by atoms with Crippen molar-refractivity contribution in [1.29, 1.82) is 0 Å². The first-order chi connectivity index (χ1) is 16.3. The van der Waals surface area contributed by atoms with Gasteiger partial charge in [-0.3, -0.25) is 19.2 Å². The van der Waals surface area contributed by atoms with Gasteiger partial charge in [-0.15, -0.1) is 0 Å². The molecule has 0 saturated heterocycles. The van der Waals surface area contributed by atoms with Crippen LogP contribution in [0.2, 0.25) is 0 Å². The maximum Gasteiger partial charge on any atom is 0.307 e. The van der Waals surface area contributed by atoms with Crippen LogP contribution < -0.4 is 10.6 Å². The summed E-state index contributed by atoms with van der Waals surface area (Å²) in [6.45, 7) is 7.38. The predicted octanol–water partition coefficient (Wildman–Crippen LogP) is 4.76. The molecule has 0 spiro atoms. The quantitative estimate of drug-likeness (QED) is 0.164. The lowest BCUT2D eigenvalue weighted by Crippen LogP contribution is -2.42. The van der Waals surface area contributed by atoms with Gasteiger partial charge in [0.05, 0.1) is 12.3 Å². The van der Waals surface area contributed by atoms with E-state index in [-0.39, 0.29) is 18.2 Å². The molecule has 0 bridgehead atoms. The number of nitrogens with one attached hydrogen (secondary N) is 2. The second-order valence-corrected chi connectivity index (χ2v) is 9.24. The molecule has 0 aromatic rings. The Balaban J connectivity index is 4.99. The summed E-state index contributed by atoms with van der Waals surface area (Å²) in [4.78, 5) is 48.1. The lowest BCUT2D eigenvalue weighted by atomic mass is 9.83. The highest BCUT2D eigenvalue weighted by molar-refractivity contribution is 5.87. The van der Waals surface area contributed by atoms with Crippen molar-refractivity contribution in [1.82, 2.24) is 10.6 Å². The fourth-order valence-corrected chi connectivity index (χ4v) is 4.24. The Morgan fingerprint density at radius 2 is 1.15 bits per heavy atom. The standard InChI is InChI=1S/C26H48N2O6/c1-4-7-9-13-17-27-24(31)21(6-3)22(25(32)28-18-14-10-8-5-2)16-12-11-15-20(26(33)34)19-23(29)30/h20-22H,4-19H2,1-3H3,(H,27,31)(H,28,32)(H,29,30)(H,33,34). The molecule has 2 amide bonds. The molecule has 8 nitrogen and oxygen atoms in total. The van der Waals surface area contributed by atoms with E-state index in [2.05, 4.69) is 24.5 Å². The minimum absolute atomic E-state index is 0.0978. The Morgan fingerprint density at radius 1 is 0.647 bits per heavy atom. The van der Waals surface area contributed by atoms with Crippen LogP contribution >= 0.6 is 0 Å². The van der Waals surface area contributed by atoms with Gasteiger partial charge in [0, 0.05) is 24.9 Å². The van der Waals surface area contributed by atoms with E-state index in [0.29, 0.717) is 38.8 Å². The molecular weight excluding hydrogens is 436 g/mol. The summed E-state index contributed by atoms with van der Waals surface area (Å²) < 4.78 is 0. The fraction of sp³-hybridized carbons (Fsp3) is 0.846. The highest BCUT2D eigenvalue weighted by Gasteiger charge is 2.32. The Kier molecular flexibility index (Phi) is 19.0. The first-order valence-corrected chi connectivity index (χ1v) is 13.3. The maximum absolute atomic E-state index is 13.0. The van der Waals surface area contributed by atoms with Crippen LogP contribution in [0.1, 0.15) is 111 Å². The molecule has 0 aromatic carbocycles. The van der Waals surface area contributed by atoms with Crippen LogP contribution in [0.25, 0.3) is 0 Å². The second kappa shape index (κ2) is 20.3. The number of hydrogen-bond acceptors (Lipinski definition) is 4. The van der Waals surface area contributed by atoms with Crippen LogP contribution in [0.15, 0.2) is 0 Å². The van der Waals surface area contributed by atoms with Crippen LogP contribution in [0.5, 0.6) is 0 Å². The number of hydrogen-bond donors (Lipinski definition) is 4. The number of rotatable bonds is 22. The Morgan fingerprint density at radius 3 is 1.59 bits per heavy atom. The first-order valence-electron chi connectivity index (χ1n) is 13.3. The third-order valence-corrected chi connectivity index (χ3v) is 6.35. The summed E-state index contributed by atoms with van der Waals surface area (Å²) in [7, 11) is 0. The minimum Gasteiger partial charge on any atom is -0.481 e. The SMILES string of the molecule is CCCCCCNC(=O)C(CC)C(CCCCC(CC(=O)O)C(=O)O)C(=O)NCCCCCC. The average Bonchev–Trinajstić information content (AvgIpc) is 2.79. The van der Waals surface area contributed by atoms with Crippen LogP contribution in [0.4, 0.5) is 0 Å². The van der Waals surface area contributed by atoms with Gasteiger partial charge >= 0.3 is 11.9 Å². The average molecular weight is 485 g/mol. The van der Waals surface area contributed by atoms with Gasteiger partial charge in [-0.1, -0.05) is 72.1 Å². The Bertz CT molecular complexity index is 596. The second-order valence-electron chi connectivity index (χ2n) is 9.24. The van der Waals surface area contributed by atoms with Gasteiger partial charge < -0.3 is 20.8 Å². The number of amides is 2. The van der Waals surface area contributed by atoms with E-state index < -0.39 is 36.1 Å². The first kappa shape index (κ1) is 31.9. The molecule has 0 aliphatic heterocycles. The van der Waals surface area contributed by atoms with E-state index >= 15 is 0 Å². The molecule has 0 aliphatic carbocycles. The molecule has 3 unspecified atom stereocenters. The Labute approximate surface area is 205 Å². The molecule has 0 saturated carbocycles. The molecule has 0 heterocycles. The maximum atomic E-state index is 13.0. The smallest absolute Gasteiger partial charge is 0.307 e. The number of carboxylic acid groups (broad SMARTS) is 2. The fourth-order valence-electron chi connectivity index (χ4n) is 4.24. The van der Waals surface area contributed by atoms with Crippen molar-refractivity contribution in [2.24, 2.45) is 17.8 Å². The van der Waals surface area contributed by atoms with Crippen molar-refractivity contribution in [2.75, 3.05) is 13.1 Å². The number of aliphatic carboxylic acids is 2. The lowest BCUT2D eigenvalue weighted by Gasteiger charge is -2.25. The number of carbonyl (C=O) groups excluding carboxylic acids is 2.